The molecule has 0 radical (unpaired) electrons. The lowest BCUT2D eigenvalue weighted by atomic mass is 9.97. The number of sulfone groups is 1. The molecule has 1 saturated heterocycles. The second-order valence-electron chi connectivity index (χ2n) is 5.64. The van der Waals surface area contributed by atoms with Gasteiger partial charge in [-0.15, -0.1) is 0 Å². The molecule has 1 aliphatic rings. The van der Waals surface area contributed by atoms with E-state index in [0.717, 1.165) is 25.5 Å². The standard InChI is InChI=1S/C13H24N2O5S/c1-21(19,20)9-7-11(14)13(18)15-8-3-2-4-10(15)5-6-12(16)17/h10-11H,2-9,14H2,1H3,(H,16,17). The van der Waals surface area contributed by atoms with Crippen molar-refractivity contribution in [2.24, 2.45) is 5.73 Å². The number of likely N-dealkylation sites (tertiary alicyclic amines) is 1. The van der Waals surface area contributed by atoms with Crippen LogP contribution in [-0.4, -0.2) is 60.9 Å². The van der Waals surface area contributed by atoms with E-state index >= 15 is 0 Å². The molecule has 7 nitrogen and oxygen atoms in total. The van der Waals surface area contributed by atoms with Gasteiger partial charge in [-0.1, -0.05) is 0 Å². The molecule has 0 bridgehead atoms. The van der Waals surface area contributed by atoms with Crippen molar-refractivity contribution in [3.63, 3.8) is 0 Å². The van der Waals surface area contributed by atoms with E-state index < -0.39 is 21.8 Å². The number of amides is 1. The Bertz CT molecular complexity index is 477. The topological polar surface area (TPSA) is 118 Å². The quantitative estimate of drug-likeness (QED) is 0.681. The molecule has 122 valence electrons. The SMILES string of the molecule is CS(=O)(=O)CCC(N)C(=O)N1CCCCC1CCC(=O)O. The van der Waals surface area contributed by atoms with Crippen molar-refractivity contribution in [1.29, 1.82) is 0 Å². The number of carboxylic acids is 1. The van der Waals surface area contributed by atoms with E-state index in [9.17, 15) is 18.0 Å². The monoisotopic (exact) mass is 320 g/mol. The highest BCUT2D eigenvalue weighted by Crippen LogP contribution is 2.22. The lowest BCUT2D eigenvalue weighted by Crippen LogP contribution is -2.51. The Morgan fingerprint density at radius 2 is 2.05 bits per heavy atom. The normalized spacial score (nSPS) is 21.0. The van der Waals surface area contributed by atoms with Crippen molar-refractivity contribution in [3.8, 4) is 0 Å². The molecule has 0 spiro atoms. The van der Waals surface area contributed by atoms with Crippen LogP contribution in [0.5, 0.6) is 0 Å². The van der Waals surface area contributed by atoms with Crippen molar-refractivity contribution >= 4 is 21.7 Å². The number of carboxylic acid groups (broad SMARTS) is 1. The van der Waals surface area contributed by atoms with E-state index in [0.29, 0.717) is 13.0 Å². The van der Waals surface area contributed by atoms with Crippen LogP contribution in [0.1, 0.15) is 38.5 Å². The first-order valence-electron chi connectivity index (χ1n) is 7.16. The molecule has 1 aliphatic heterocycles. The minimum Gasteiger partial charge on any atom is -0.481 e. The van der Waals surface area contributed by atoms with Crippen molar-refractivity contribution in [1.82, 2.24) is 4.90 Å². The smallest absolute Gasteiger partial charge is 0.303 e. The minimum absolute atomic E-state index is 0.0209. The Morgan fingerprint density at radius 1 is 1.38 bits per heavy atom. The molecule has 0 aliphatic carbocycles. The third kappa shape index (κ3) is 6.43. The molecule has 21 heavy (non-hydrogen) atoms. The highest BCUT2D eigenvalue weighted by atomic mass is 32.2. The zero-order valence-electron chi connectivity index (χ0n) is 12.3. The number of nitrogens with zero attached hydrogens (tertiary/aromatic N) is 1. The number of carbonyl (C=O) groups is 2. The molecule has 0 aromatic rings. The number of rotatable bonds is 7. The fourth-order valence-corrected chi connectivity index (χ4v) is 3.24. The average Bonchev–Trinajstić information content (AvgIpc) is 2.41. The molecule has 1 fully saturated rings. The van der Waals surface area contributed by atoms with Crippen LogP contribution in [0, 0.1) is 0 Å². The summed E-state index contributed by atoms with van der Waals surface area (Å²) in [7, 11) is -3.15. The lowest BCUT2D eigenvalue weighted by molar-refractivity contribution is -0.140. The van der Waals surface area contributed by atoms with Gasteiger partial charge in [0.2, 0.25) is 5.91 Å². The first kappa shape index (κ1) is 17.9. The Hall–Kier alpha value is -1.15. The summed E-state index contributed by atoms with van der Waals surface area (Å²) in [6, 6.07) is -0.947. The third-order valence-electron chi connectivity index (χ3n) is 3.72. The Labute approximate surface area is 125 Å². The van der Waals surface area contributed by atoms with Crippen LogP contribution in [0.25, 0.3) is 0 Å². The molecule has 0 saturated carbocycles. The van der Waals surface area contributed by atoms with Gasteiger partial charge in [-0.2, -0.15) is 0 Å². The number of hydrogen-bond donors (Lipinski definition) is 2. The third-order valence-corrected chi connectivity index (χ3v) is 4.70. The van der Waals surface area contributed by atoms with Gasteiger partial charge in [0.1, 0.15) is 9.84 Å². The average molecular weight is 320 g/mol. The Balaban J connectivity index is 2.61. The van der Waals surface area contributed by atoms with Crippen molar-refractivity contribution in [2.45, 2.75) is 50.6 Å². The largest absolute Gasteiger partial charge is 0.481 e. The highest BCUT2D eigenvalue weighted by Gasteiger charge is 2.30. The van der Waals surface area contributed by atoms with Crippen molar-refractivity contribution < 1.29 is 23.1 Å². The van der Waals surface area contributed by atoms with Gasteiger partial charge in [0.05, 0.1) is 11.8 Å². The number of carbonyl (C=O) groups excluding carboxylic acids is 1. The molecule has 8 heteroatoms. The molecule has 3 N–H and O–H groups in total. The number of nitrogens with two attached hydrogens (primary N) is 1. The van der Waals surface area contributed by atoms with Crippen LogP contribution in [0.2, 0.25) is 0 Å². The first-order valence-corrected chi connectivity index (χ1v) is 9.22. The maximum atomic E-state index is 12.3. The first-order chi connectivity index (χ1) is 9.70. The molecule has 1 amide bonds. The molecule has 0 aromatic carbocycles. The van der Waals surface area contributed by atoms with Crippen molar-refractivity contribution in [3.05, 3.63) is 0 Å². The Kier molecular flexibility index (Phi) is 6.60. The summed E-state index contributed by atoms with van der Waals surface area (Å²) in [5.74, 6) is -1.27. The van der Waals surface area contributed by atoms with E-state index in [1.165, 1.54) is 0 Å². The van der Waals surface area contributed by atoms with Gasteiger partial charge in [-0.3, -0.25) is 9.59 Å². The van der Waals surface area contributed by atoms with E-state index in [1.54, 1.807) is 4.90 Å². The van der Waals surface area contributed by atoms with Crippen LogP contribution in [0.15, 0.2) is 0 Å². The summed E-state index contributed by atoms with van der Waals surface area (Å²) in [4.78, 5) is 24.6. The predicted molar refractivity (Wildman–Crippen MR) is 78.5 cm³/mol. The van der Waals surface area contributed by atoms with Gasteiger partial charge in [-0.05, 0) is 32.1 Å². The van der Waals surface area contributed by atoms with Gasteiger partial charge in [0.25, 0.3) is 0 Å². The Morgan fingerprint density at radius 3 is 2.62 bits per heavy atom. The second kappa shape index (κ2) is 7.74. The van der Waals surface area contributed by atoms with Crippen LogP contribution >= 0.6 is 0 Å². The van der Waals surface area contributed by atoms with E-state index in [-0.39, 0.29) is 30.5 Å². The van der Waals surface area contributed by atoms with Gasteiger partial charge in [-0.25, -0.2) is 8.42 Å². The fraction of sp³-hybridized carbons (Fsp3) is 0.846. The molecule has 2 atom stereocenters. The predicted octanol–water partition coefficient (Wildman–Crippen LogP) is -0.00570. The summed E-state index contributed by atoms with van der Waals surface area (Å²) in [6.07, 6.45) is 4.26. The summed E-state index contributed by atoms with van der Waals surface area (Å²) in [5.41, 5.74) is 5.80. The second-order valence-corrected chi connectivity index (χ2v) is 7.90. The zero-order chi connectivity index (χ0) is 16.0. The molecule has 0 aromatic heterocycles. The minimum atomic E-state index is -3.15. The van der Waals surface area contributed by atoms with Crippen LogP contribution < -0.4 is 5.73 Å². The number of piperidine rings is 1. The zero-order valence-corrected chi connectivity index (χ0v) is 13.1. The molecular weight excluding hydrogens is 296 g/mol. The van der Waals surface area contributed by atoms with Gasteiger partial charge in [0, 0.05) is 25.3 Å². The van der Waals surface area contributed by atoms with Crippen LogP contribution in [-0.2, 0) is 19.4 Å². The van der Waals surface area contributed by atoms with Gasteiger partial charge < -0.3 is 15.7 Å². The highest BCUT2D eigenvalue weighted by molar-refractivity contribution is 7.90. The van der Waals surface area contributed by atoms with Crippen LogP contribution in [0.3, 0.4) is 0 Å². The lowest BCUT2D eigenvalue weighted by Gasteiger charge is -2.37. The molecule has 2 unspecified atom stereocenters. The van der Waals surface area contributed by atoms with E-state index in [2.05, 4.69) is 0 Å². The number of hydrogen-bond acceptors (Lipinski definition) is 5. The molecular formula is C13H24N2O5S. The summed E-state index contributed by atoms with van der Waals surface area (Å²) in [5, 5.41) is 8.76. The molecule has 1 heterocycles. The fourth-order valence-electron chi connectivity index (χ4n) is 2.56. The summed E-state index contributed by atoms with van der Waals surface area (Å²) >= 11 is 0. The summed E-state index contributed by atoms with van der Waals surface area (Å²) in [6.45, 7) is 0.565. The summed E-state index contributed by atoms with van der Waals surface area (Å²) < 4.78 is 22.3. The maximum absolute atomic E-state index is 12.3. The van der Waals surface area contributed by atoms with E-state index in [1.807, 2.05) is 0 Å². The van der Waals surface area contributed by atoms with Crippen LogP contribution in [0.4, 0.5) is 0 Å². The van der Waals surface area contributed by atoms with E-state index in [4.69, 9.17) is 10.8 Å². The maximum Gasteiger partial charge on any atom is 0.303 e. The van der Waals surface area contributed by atoms with Crippen molar-refractivity contribution in [2.75, 3.05) is 18.6 Å². The molecule has 1 rings (SSSR count). The number of aliphatic carboxylic acids is 1. The van der Waals surface area contributed by atoms with Gasteiger partial charge in [0.15, 0.2) is 0 Å². The van der Waals surface area contributed by atoms with Gasteiger partial charge >= 0.3 is 5.97 Å².